The smallest absolute Gasteiger partial charge is 0.350 e. The maximum Gasteiger partial charge on any atom is 0.350 e. The first kappa shape index (κ1) is 12.6. The lowest BCUT2D eigenvalue weighted by Crippen LogP contribution is -2.23. The Kier molecular flexibility index (Phi) is 4.25. The zero-order valence-electron chi connectivity index (χ0n) is 7.22. The number of rotatable bonds is 4. The molecule has 0 spiro atoms. The van der Waals surface area contributed by atoms with Crippen molar-refractivity contribution in [3.8, 4) is 0 Å². The summed E-state index contributed by atoms with van der Waals surface area (Å²) in [5, 5.41) is 10.5. The van der Waals surface area contributed by atoms with Crippen molar-refractivity contribution in [3.63, 3.8) is 0 Å². The molecule has 0 aromatic heterocycles. The van der Waals surface area contributed by atoms with Crippen LogP contribution in [-0.2, 0) is 19.7 Å². The summed E-state index contributed by atoms with van der Waals surface area (Å²) in [5.74, 6) is -2.79. The molecule has 0 atom stereocenters. The van der Waals surface area contributed by atoms with E-state index in [1.807, 2.05) is 0 Å². The van der Waals surface area contributed by atoms with Gasteiger partial charge in [-0.25, -0.2) is 4.79 Å². The molecular formula is C6H9NO6S. The highest BCUT2D eigenvalue weighted by atomic mass is 32.2. The van der Waals surface area contributed by atoms with E-state index in [1.165, 1.54) is 0 Å². The number of carbonyl (C=O) groups excluding carboxylic acids is 1. The summed E-state index contributed by atoms with van der Waals surface area (Å²) in [7, 11) is -4.88. The van der Waals surface area contributed by atoms with Gasteiger partial charge in [0.15, 0.2) is 4.91 Å². The Hall–Kier alpha value is -1.41. The van der Waals surface area contributed by atoms with Crippen molar-refractivity contribution in [3.05, 3.63) is 11.0 Å². The van der Waals surface area contributed by atoms with Crippen LogP contribution >= 0.6 is 0 Å². The molecule has 0 unspecified atom stereocenters. The van der Waals surface area contributed by atoms with Crippen LogP contribution in [0.4, 0.5) is 0 Å². The molecule has 7 nitrogen and oxygen atoms in total. The molecule has 14 heavy (non-hydrogen) atoms. The van der Waals surface area contributed by atoms with Gasteiger partial charge >= 0.3 is 16.1 Å². The second-order valence-corrected chi connectivity index (χ2v) is 3.57. The van der Waals surface area contributed by atoms with E-state index in [0.717, 1.165) is 0 Å². The Balaban J connectivity index is 5.05. The number of likely N-dealkylation sites (N-methyl/N-ethyl adjacent to an activating group) is 1. The minimum atomic E-state index is -4.88. The minimum absolute atomic E-state index is 0.216. The number of carbonyl (C=O) groups is 2. The summed E-state index contributed by atoms with van der Waals surface area (Å²) in [4.78, 5) is 19.7. The number of carboxylic acids is 1. The minimum Gasteiger partial charge on any atom is -0.477 e. The van der Waals surface area contributed by atoms with Crippen molar-refractivity contribution in [2.45, 2.75) is 6.92 Å². The van der Waals surface area contributed by atoms with E-state index in [2.05, 4.69) is 5.32 Å². The molecule has 3 N–H and O–H groups in total. The second-order valence-electron chi connectivity index (χ2n) is 2.18. The first-order valence-corrected chi connectivity index (χ1v) is 4.93. The van der Waals surface area contributed by atoms with Crippen LogP contribution in [0.15, 0.2) is 11.0 Å². The number of nitrogens with one attached hydrogen (secondary N) is 1. The average Bonchev–Trinajstić information content (AvgIpc) is 1.98. The van der Waals surface area contributed by atoms with E-state index in [9.17, 15) is 18.0 Å². The number of aliphatic carboxylic acids is 1. The maximum absolute atomic E-state index is 10.8. The molecule has 0 radical (unpaired) electrons. The molecule has 0 aliphatic rings. The van der Waals surface area contributed by atoms with E-state index >= 15 is 0 Å². The summed E-state index contributed by atoms with van der Waals surface area (Å²) in [6.45, 7) is 1.79. The standard InChI is InChI=1S/C6H9NO6S/c1-2-7-5(8)3-4(6(9)10)14(11,12)13/h3H,2H2,1H3,(H,7,8)(H,9,10)(H,11,12,13)/b4-3+. The molecule has 0 fully saturated rings. The van der Waals surface area contributed by atoms with Crippen LogP contribution in [0.5, 0.6) is 0 Å². The van der Waals surface area contributed by atoms with E-state index in [-0.39, 0.29) is 6.54 Å². The van der Waals surface area contributed by atoms with E-state index in [4.69, 9.17) is 9.66 Å². The SMILES string of the molecule is CCNC(=O)/C=C(\C(=O)O)S(=O)(=O)O. The van der Waals surface area contributed by atoms with Gasteiger partial charge in [-0.1, -0.05) is 0 Å². The van der Waals surface area contributed by atoms with E-state index < -0.39 is 26.9 Å². The van der Waals surface area contributed by atoms with Crippen LogP contribution in [0, 0.1) is 0 Å². The van der Waals surface area contributed by atoms with Gasteiger partial charge in [0.25, 0.3) is 0 Å². The number of amides is 1. The normalized spacial score (nSPS) is 12.3. The maximum atomic E-state index is 10.8. The van der Waals surface area contributed by atoms with Gasteiger partial charge in [0, 0.05) is 12.6 Å². The molecule has 1 amide bonds. The van der Waals surface area contributed by atoms with Gasteiger partial charge in [-0.05, 0) is 6.92 Å². The van der Waals surface area contributed by atoms with Crippen LogP contribution in [0.3, 0.4) is 0 Å². The fourth-order valence-corrected chi connectivity index (χ4v) is 1.07. The van der Waals surface area contributed by atoms with Gasteiger partial charge in [0.2, 0.25) is 5.91 Å². The quantitative estimate of drug-likeness (QED) is 0.414. The number of carboxylic acid groups (broad SMARTS) is 1. The third kappa shape index (κ3) is 4.01. The Labute approximate surface area is 80.2 Å². The van der Waals surface area contributed by atoms with Crippen molar-refractivity contribution in [2.75, 3.05) is 6.54 Å². The van der Waals surface area contributed by atoms with Crippen molar-refractivity contribution in [1.82, 2.24) is 5.32 Å². The van der Waals surface area contributed by atoms with E-state index in [0.29, 0.717) is 6.08 Å². The largest absolute Gasteiger partial charge is 0.477 e. The lowest BCUT2D eigenvalue weighted by molar-refractivity contribution is -0.132. The third-order valence-electron chi connectivity index (χ3n) is 1.10. The highest BCUT2D eigenvalue weighted by molar-refractivity contribution is 7.90. The van der Waals surface area contributed by atoms with Gasteiger partial charge < -0.3 is 10.4 Å². The van der Waals surface area contributed by atoms with Crippen LogP contribution in [0.25, 0.3) is 0 Å². The molecule has 0 aliphatic carbocycles. The summed E-state index contributed by atoms with van der Waals surface area (Å²) in [6.07, 6.45) is 0.307. The lowest BCUT2D eigenvalue weighted by atomic mass is 10.4. The summed E-state index contributed by atoms with van der Waals surface area (Å²) >= 11 is 0. The van der Waals surface area contributed by atoms with Crippen LogP contribution in [0.2, 0.25) is 0 Å². The Bertz CT molecular complexity index is 368. The van der Waals surface area contributed by atoms with Gasteiger partial charge in [-0.15, -0.1) is 0 Å². The Morgan fingerprint density at radius 3 is 2.21 bits per heavy atom. The molecular weight excluding hydrogens is 214 g/mol. The van der Waals surface area contributed by atoms with Crippen molar-refractivity contribution in [1.29, 1.82) is 0 Å². The van der Waals surface area contributed by atoms with Gasteiger partial charge in [0.05, 0.1) is 0 Å². The molecule has 8 heteroatoms. The molecule has 0 aromatic carbocycles. The number of hydrogen-bond acceptors (Lipinski definition) is 4. The van der Waals surface area contributed by atoms with E-state index in [1.54, 1.807) is 6.92 Å². The average molecular weight is 223 g/mol. The molecule has 0 heterocycles. The van der Waals surface area contributed by atoms with Crippen LogP contribution < -0.4 is 5.32 Å². The summed E-state index contributed by atoms with van der Waals surface area (Å²) < 4.78 is 29.3. The molecule has 0 bridgehead atoms. The predicted molar refractivity (Wildman–Crippen MR) is 46.0 cm³/mol. The monoisotopic (exact) mass is 223 g/mol. The molecule has 0 rings (SSSR count). The summed E-state index contributed by atoms with van der Waals surface area (Å²) in [5.41, 5.74) is 0. The van der Waals surface area contributed by atoms with Crippen LogP contribution in [-0.4, -0.2) is 36.5 Å². The highest BCUT2D eigenvalue weighted by Gasteiger charge is 2.22. The van der Waals surface area contributed by atoms with Gasteiger partial charge in [0.1, 0.15) is 0 Å². The number of hydrogen-bond donors (Lipinski definition) is 3. The second kappa shape index (κ2) is 4.72. The molecule has 80 valence electrons. The van der Waals surface area contributed by atoms with Gasteiger partial charge in [-0.2, -0.15) is 8.42 Å². The highest BCUT2D eigenvalue weighted by Crippen LogP contribution is 2.03. The first-order valence-electron chi connectivity index (χ1n) is 3.49. The fraction of sp³-hybridized carbons (Fsp3) is 0.333. The molecule has 0 aromatic rings. The predicted octanol–water partition coefficient (Wildman–Crippen LogP) is -1.02. The molecule has 0 aliphatic heterocycles. The van der Waals surface area contributed by atoms with Crippen molar-refractivity contribution < 1.29 is 27.7 Å². The Morgan fingerprint density at radius 2 is 1.93 bits per heavy atom. The fourth-order valence-electron chi connectivity index (χ4n) is 0.591. The summed E-state index contributed by atoms with van der Waals surface area (Å²) in [6, 6.07) is 0. The van der Waals surface area contributed by atoms with Crippen molar-refractivity contribution in [2.24, 2.45) is 0 Å². The third-order valence-corrected chi connectivity index (χ3v) is 1.95. The molecule has 0 saturated carbocycles. The Morgan fingerprint density at radius 1 is 1.43 bits per heavy atom. The van der Waals surface area contributed by atoms with Crippen molar-refractivity contribution >= 4 is 22.0 Å². The van der Waals surface area contributed by atoms with Crippen LogP contribution in [0.1, 0.15) is 6.92 Å². The topological polar surface area (TPSA) is 121 Å². The molecule has 0 saturated heterocycles. The lowest BCUT2D eigenvalue weighted by Gasteiger charge is -1.98. The first-order chi connectivity index (χ1) is 6.29. The van der Waals surface area contributed by atoms with Gasteiger partial charge in [-0.3, -0.25) is 9.35 Å². The zero-order valence-corrected chi connectivity index (χ0v) is 8.04. The zero-order chi connectivity index (χ0) is 11.4.